The van der Waals surface area contributed by atoms with Gasteiger partial charge in [0.05, 0.1) is 12.0 Å². The van der Waals surface area contributed by atoms with E-state index in [1.54, 1.807) is 31.3 Å². The SMILES string of the molecule is COc1ccccc1OCC(=O)N(C)Cc1cc([N+](=O)[O-])ccc1Cl. The van der Waals surface area contributed by atoms with Crippen molar-refractivity contribution in [2.75, 3.05) is 20.8 Å². The van der Waals surface area contributed by atoms with Crippen molar-refractivity contribution in [2.24, 2.45) is 0 Å². The number of methoxy groups -OCH3 is 1. The first kappa shape index (κ1) is 18.5. The number of hydrogen-bond donors (Lipinski definition) is 0. The molecule has 0 aliphatic carbocycles. The summed E-state index contributed by atoms with van der Waals surface area (Å²) >= 11 is 6.05. The van der Waals surface area contributed by atoms with Crippen molar-refractivity contribution >= 4 is 23.2 Å². The highest BCUT2D eigenvalue weighted by atomic mass is 35.5. The van der Waals surface area contributed by atoms with Crippen molar-refractivity contribution in [1.29, 1.82) is 0 Å². The molecule has 0 heterocycles. The molecule has 0 radical (unpaired) electrons. The molecule has 2 rings (SSSR count). The number of ether oxygens (including phenoxy) is 2. The van der Waals surface area contributed by atoms with Crippen LogP contribution in [0.3, 0.4) is 0 Å². The van der Waals surface area contributed by atoms with Crippen LogP contribution in [0.25, 0.3) is 0 Å². The molecule has 0 saturated carbocycles. The molecule has 0 saturated heterocycles. The molecule has 0 aliphatic heterocycles. The molecule has 1 amide bonds. The number of nitrogens with zero attached hydrogens (tertiary/aromatic N) is 2. The van der Waals surface area contributed by atoms with Crippen LogP contribution in [0.2, 0.25) is 5.02 Å². The number of carbonyl (C=O) groups is 1. The normalized spacial score (nSPS) is 10.2. The fourth-order valence-corrected chi connectivity index (χ4v) is 2.30. The fraction of sp³-hybridized carbons (Fsp3) is 0.235. The van der Waals surface area contributed by atoms with Crippen LogP contribution in [0.4, 0.5) is 5.69 Å². The standard InChI is InChI=1S/C17H17ClN2O5/c1-19(10-12-9-13(20(22)23)7-8-14(12)18)17(21)11-25-16-6-4-3-5-15(16)24-2/h3-9H,10-11H2,1-2H3. The molecule has 2 aromatic rings. The van der Waals surface area contributed by atoms with Gasteiger partial charge in [-0.15, -0.1) is 0 Å². The van der Waals surface area contributed by atoms with E-state index in [0.717, 1.165) is 0 Å². The Morgan fingerprint density at radius 2 is 1.92 bits per heavy atom. The van der Waals surface area contributed by atoms with Crippen molar-refractivity contribution in [2.45, 2.75) is 6.54 Å². The highest BCUT2D eigenvalue weighted by molar-refractivity contribution is 6.31. The van der Waals surface area contributed by atoms with Gasteiger partial charge in [-0.25, -0.2) is 0 Å². The Bertz CT molecular complexity index is 781. The highest BCUT2D eigenvalue weighted by Crippen LogP contribution is 2.26. The molecule has 132 valence electrons. The number of halogens is 1. The van der Waals surface area contributed by atoms with E-state index in [2.05, 4.69) is 0 Å². The first-order valence-electron chi connectivity index (χ1n) is 7.35. The van der Waals surface area contributed by atoms with Crippen molar-refractivity contribution in [1.82, 2.24) is 4.90 Å². The van der Waals surface area contributed by atoms with Gasteiger partial charge in [0.1, 0.15) is 0 Å². The lowest BCUT2D eigenvalue weighted by Crippen LogP contribution is -2.31. The number of nitro benzene ring substituents is 1. The van der Waals surface area contributed by atoms with Crippen LogP contribution >= 0.6 is 11.6 Å². The van der Waals surface area contributed by atoms with Crippen LogP contribution < -0.4 is 9.47 Å². The zero-order valence-electron chi connectivity index (χ0n) is 13.8. The van der Waals surface area contributed by atoms with Crippen LogP contribution in [0.15, 0.2) is 42.5 Å². The molecule has 0 N–H and O–H groups in total. The summed E-state index contributed by atoms with van der Waals surface area (Å²) in [5.41, 5.74) is 0.412. The minimum atomic E-state index is -0.507. The fourth-order valence-electron chi connectivity index (χ4n) is 2.13. The molecule has 0 aliphatic rings. The van der Waals surface area contributed by atoms with Gasteiger partial charge >= 0.3 is 0 Å². The summed E-state index contributed by atoms with van der Waals surface area (Å²) in [6, 6.07) is 11.1. The summed E-state index contributed by atoms with van der Waals surface area (Å²) in [6.45, 7) is -0.0575. The number of amides is 1. The molecule has 7 nitrogen and oxygen atoms in total. The van der Waals surface area contributed by atoms with Gasteiger partial charge < -0.3 is 14.4 Å². The average Bonchev–Trinajstić information content (AvgIpc) is 2.61. The first-order chi connectivity index (χ1) is 11.9. The molecule has 0 spiro atoms. The molecule has 0 fully saturated rings. The summed E-state index contributed by atoms with van der Waals surface area (Å²) < 4.78 is 10.6. The molecule has 2 aromatic carbocycles. The third-order valence-electron chi connectivity index (χ3n) is 3.49. The number of carbonyl (C=O) groups excluding carboxylic acids is 1. The second-order valence-electron chi connectivity index (χ2n) is 5.22. The predicted molar refractivity (Wildman–Crippen MR) is 93.1 cm³/mol. The van der Waals surface area contributed by atoms with Crippen molar-refractivity contribution in [3.05, 3.63) is 63.2 Å². The van der Waals surface area contributed by atoms with E-state index in [0.29, 0.717) is 22.1 Å². The third-order valence-corrected chi connectivity index (χ3v) is 3.86. The molecule has 8 heteroatoms. The topological polar surface area (TPSA) is 81.9 Å². The minimum Gasteiger partial charge on any atom is -0.493 e. The van der Waals surface area contributed by atoms with Gasteiger partial charge in [0.2, 0.25) is 0 Å². The van der Waals surface area contributed by atoms with Crippen molar-refractivity contribution in [3.8, 4) is 11.5 Å². The summed E-state index contributed by atoms with van der Waals surface area (Å²) in [5.74, 6) is 0.688. The number of benzene rings is 2. The maximum atomic E-state index is 12.2. The van der Waals surface area contributed by atoms with Gasteiger partial charge in [0.25, 0.3) is 11.6 Å². The maximum Gasteiger partial charge on any atom is 0.269 e. The van der Waals surface area contributed by atoms with Gasteiger partial charge in [-0.3, -0.25) is 14.9 Å². The molecular formula is C17H17ClN2O5. The lowest BCUT2D eigenvalue weighted by Gasteiger charge is -2.18. The van der Waals surface area contributed by atoms with Crippen LogP contribution in [-0.4, -0.2) is 36.5 Å². The van der Waals surface area contributed by atoms with Gasteiger partial charge in [-0.1, -0.05) is 23.7 Å². The Labute approximate surface area is 149 Å². The molecule has 25 heavy (non-hydrogen) atoms. The largest absolute Gasteiger partial charge is 0.493 e. The Hall–Kier alpha value is -2.80. The predicted octanol–water partition coefficient (Wildman–Crippen LogP) is 3.29. The molecule has 0 unspecified atom stereocenters. The van der Waals surface area contributed by atoms with Crippen LogP contribution in [0, 0.1) is 10.1 Å². The van der Waals surface area contributed by atoms with E-state index in [9.17, 15) is 14.9 Å². The van der Waals surface area contributed by atoms with Crippen molar-refractivity contribution in [3.63, 3.8) is 0 Å². The number of rotatable bonds is 7. The highest BCUT2D eigenvalue weighted by Gasteiger charge is 2.16. The second kappa shape index (κ2) is 8.34. The van der Waals surface area contributed by atoms with Crippen molar-refractivity contribution < 1.29 is 19.2 Å². The Morgan fingerprint density at radius 3 is 2.56 bits per heavy atom. The van der Waals surface area contributed by atoms with Gasteiger partial charge in [0, 0.05) is 30.7 Å². The summed E-state index contributed by atoms with van der Waals surface area (Å²) in [4.78, 5) is 24.0. The minimum absolute atomic E-state index is 0.0782. The van der Waals surface area contributed by atoms with E-state index < -0.39 is 4.92 Å². The van der Waals surface area contributed by atoms with Crippen LogP contribution in [0.5, 0.6) is 11.5 Å². The number of nitro groups is 1. The van der Waals surface area contributed by atoms with Gasteiger partial charge in [-0.2, -0.15) is 0 Å². The Balaban J connectivity index is 2.01. The van der Waals surface area contributed by atoms with Crippen LogP contribution in [0.1, 0.15) is 5.56 Å². The molecule has 0 atom stereocenters. The molecule has 0 bridgehead atoms. The second-order valence-corrected chi connectivity index (χ2v) is 5.63. The third kappa shape index (κ3) is 4.84. The lowest BCUT2D eigenvalue weighted by atomic mass is 10.2. The summed E-state index contributed by atoms with van der Waals surface area (Å²) in [6.07, 6.45) is 0. The molecule has 0 aromatic heterocycles. The summed E-state index contributed by atoms with van der Waals surface area (Å²) in [7, 11) is 3.09. The number of non-ortho nitro benzene ring substituents is 1. The summed E-state index contributed by atoms with van der Waals surface area (Å²) in [5, 5.41) is 11.2. The Morgan fingerprint density at radius 1 is 1.24 bits per heavy atom. The number of likely N-dealkylation sites (N-methyl/N-ethyl adjacent to an activating group) is 1. The van der Waals surface area contributed by atoms with Crippen LogP contribution in [-0.2, 0) is 11.3 Å². The quantitative estimate of drug-likeness (QED) is 0.556. The van der Waals surface area contributed by atoms with E-state index in [4.69, 9.17) is 21.1 Å². The Kier molecular flexibility index (Phi) is 6.19. The van der Waals surface area contributed by atoms with Gasteiger partial charge in [-0.05, 0) is 23.8 Å². The average molecular weight is 365 g/mol. The maximum absolute atomic E-state index is 12.2. The first-order valence-corrected chi connectivity index (χ1v) is 7.72. The zero-order valence-corrected chi connectivity index (χ0v) is 14.5. The number of hydrogen-bond acceptors (Lipinski definition) is 5. The zero-order chi connectivity index (χ0) is 18.4. The van der Waals surface area contributed by atoms with E-state index in [-0.39, 0.29) is 24.7 Å². The smallest absolute Gasteiger partial charge is 0.269 e. The number of para-hydroxylation sites is 2. The van der Waals surface area contributed by atoms with E-state index >= 15 is 0 Å². The van der Waals surface area contributed by atoms with Gasteiger partial charge in [0.15, 0.2) is 18.1 Å². The van der Waals surface area contributed by atoms with E-state index in [1.807, 2.05) is 0 Å². The monoisotopic (exact) mass is 364 g/mol. The lowest BCUT2D eigenvalue weighted by molar-refractivity contribution is -0.384. The van der Waals surface area contributed by atoms with E-state index in [1.165, 1.54) is 30.2 Å². The molecular weight excluding hydrogens is 348 g/mol.